The summed E-state index contributed by atoms with van der Waals surface area (Å²) in [7, 11) is 0. The Morgan fingerprint density at radius 1 is 1.03 bits per heavy atom. The fourth-order valence-electron chi connectivity index (χ4n) is 5.41. The molecule has 0 aromatic carbocycles. The number of aryl methyl sites for hydroxylation is 2. The number of aromatic nitrogens is 3. The predicted molar refractivity (Wildman–Crippen MR) is 128 cm³/mol. The standard InChI is InChI=1S/C25H34N4OS/c1-15(2)21-22(19-13-16(3)26-17(4)14-19)27-25-23(21)28-24(31-25)18-5-9-29(10-6-18)20-7-11-30-12-8-20/h13-15,18,20,27H,5-12H2,1-4H3. The van der Waals surface area contributed by atoms with Gasteiger partial charge in [-0.1, -0.05) is 13.8 Å². The lowest BCUT2D eigenvalue weighted by molar-refractivity contribution is 0.0252. The Balaban J connectivity index is 1.39. The summed E-state index contributed by atoms with van der Waals surface area (Å²) in [6.45, 7) is 12.9. The second-order valence-electron chi connectivity index (χ2n) is 9.59. The van der Waals surface area contributed by atoms with E-state index in [1.165, 1.54) is 70.9 Å². The Hall–Kier alpha value is -1.76. The Morgan fingerprint density at radius 2 is 1.71 bits per heavy atom. The van der Waals surface area contributed by atoms with E-state index in [0.29, 0.717) is 11.8 Å². The van der Waals surface area contributed by atoms with Gasteiger partial charge >= 0.3 is 0 Å². The monoisotopic (exact) mass is 438 g/mol. The van der Waals surface area contributed by atoms with Crippen molar-refractivity contribution < 1.29 is 4.74 Å². The van der Waals surface area contributed by atoms with Crippen LogP contribution >= 0.6 is 11.3 Å². The number of rotatable bonds is 4. The number of pyridine rings is 1. The summed E-state index contributed by atoms with van der Waals surface area (Å²) >= 11 is 1.88. The van der Waals surface area contributed by atoms with Crippen LogP contribution in [-0.4, -0.2) is 52.2 Å². The van der Waals surface area contributed by atoms with Crippen molar-refractivity contribution in [3.63, 3.8) is 0 Å². The van der Waals surface area contributed by atoms with E-state index in [1.807, 2.05) is 11.3 Å². The predicted octanol–water partition coefficient (Wildman–Crippen LogP) is 5.79. The number of piperidine rings is 1. The third kappa shape index (κ3) is 4.18. The highest BCUT2D eigenvalue weighted by atomic mass is 32.1. The smallest absolute Gasteiger partial charge is 0.121 e. The second-order valence-corrected chi connectivity index (χ2v) is 10.6. The van der Waals surface area contributed by atoms with E-state index in [9.17, 15) is 0 Å². The number of thiazole rings is 1. The zero-order valence-corrected chi connectivity index (χ0v) is 20.0. The van der Waals surface area contributed by atoms with Crippen LogP contribution in [0.2, 0.25) is 0 Å². The van der Waals surface area contributed by atoms with Gasteiger partial charge in [0.1, 0.15) is 10.3 Å². The number of hydrogen-bond donors (Lipinski definition) is 1. The molecule has 0 bridgehead atoms. The SMILES string of the molecule is Cc1cc(-c2[nH]c3sc(C4CCN(C5CCOCC5)CC4)nc3c2C(C)C)cc(C)n1. The molecular formula is C25H34N4OS. The normalized spacial score (nSPS) is 19.6. The number of H-pyrrole nitrogens is 1. The molecule has 0 atom stereocenters. The van der Waals surface area contributed by atoms with E-state index in [-0.39, 0.29) is 0 Å². The first-order chi connectivity index (χ1) is 15.0. The van der Waals surface area contributed by atoms with Gasteiger partial charge in [-0.25, -0.2) is 4.98 Å². The number of fused-ring (bicyclic) bond motifs is 1. The minimum absolute atomic E-state index is 0.419. The first kappa shape index (κ1) is 21.1. The van der Waals surface area contributed by atoms with E-state index >= 15 is 0 Å². The maximum atomic E-state index is 5.55. The summed E-state index contributed by atoms with van der Waals surface area (Å²) in [5.74, 6) is 1.01. The van der Waals surface area contributed by atoms with Crippen molar-refractivity contribution in [2.24, 2.45) is 0 Å². The molecule has 31 heavy (non-hydrogen) atoms. The molecule has 1 N–H and O–H groups in total. The van der Waals surface area contributed by atoms with Gasteiger partial charge in [0, 0.05) is 47.7 Å². The summed E-state index contributed by atoms with van der Waals surface area (Å²) in [4.78, 5) is 17.4. The minimum Gasteiger partial charge on any atom is -0.381 e. The van der Waals surface area contributed by atoms with Crippen molar-refractivity contribution in [3.05, 3.63) is 34.1 Å². The average molecular weight is 439 g/mol. The zero-order valence-electron chi connectivity index (χ0n) is 19.2. The Bertz CT molecular complexity index is 1030. The van der Waals surface area contributed by atoms with Gasteiger partial charge < -0.3 is 14.6 Å². The molecule has 5 rings (SSSR count). The summed E-state index contributed by atoms with van der Waals surface area (Å²) < 4.78 is 5.55. The second kappa shape index (κ2) is 8.64. The Kier molecular flexibility index (Phi) is 5.88. The van der Waals surface area contributed by atoms with Gasteiger partial charge in [0.25, 0.3) is 0 Å². The molecule has 166 valence electrons. The molecule has 2 fully saturated rings. The van der Waals surface area contributed by atoms with Gasteiger partial charge in [-0.3, -0.25) is 4.98 Å². The third-order valence-corrected chi connectivity index (χ3v) is 8.07. The highest BCUT2D eigenvalue weighted by Crippen LogP contribution is 2.41. The van der Waals surface area contributed by atoms with Gasteiger partial charge in [-0.2, -0.15) is 0 Å². The molecule has 0 unspecified atom stereocenters. The Labute approximate surface area is 189 Å². The molecule has 0 spiro atoms. The van der Waals surface area contributed by atoms with Gasteiger partial charge in [0.15, 0.2) is 0 Å². The van der Waals surface area contributed by atoms with Crippen LogP contribution in [0.1, 0.15) is 73.3 Å². The lowest BCUT2D eigenvalue weighted by Gasteiger charge is -2.38. The topological polar surface area (TPSA) is 54.0 Å². The molecule has 0 amide bonds. The van der Waals surface area contributed by atoms with Crippen LogP contribution in [0.25, 0.3) is 21.6 Å². The molecule has 2 saturated heterocycles. The lowest BCUT2D eigenvalue weighted by Crippen LogP contribution is -2.43. The third-order valence-electron chi connectivity index (χ3n) is 6.94. The molecule has 6 heteroatoms. The van der Waals surface area contributed by atoms with Crippen molar-refractivity contribution in [2.75, 3.05) is 26.3 Å². The van der Waals surface area contributed by atoms with Crippen LogP contribution in [-0.2, 0) is 4.74 Å². The number of hydrogen-bond acceptors (Lipinski definition) is 5. The summed E-state index contributed by atoms with van der Waals surface area (Å²) in [6.07, 6.45) is 4.83. The first-order valence-electron chi connectivity index (χ1n) is 11.8. The van der Waals surface area contributed by atoms with Crippen LogP contribution in [0, 0.1) is 13.8 Å². The van der Waals surface area contributed by atoms with Crippen molar-refractivity contribution in [1.29, 1.82) is 0 Å². The van der Waals surface area contributed by atoms with Crippen molar-refractivity contribution in [3.8, 4) is 11.3 Å². The molecule has 5 heterocycles. The van der Waals surface area contributed by atoms with Crippen molar-refractivity contribution in [1.82, 2.24) is 19.9 Å². The van der Waals surface area contributed by atoms with E-state index in [4.69, 9.17) is 9.72 Å². The van der Waals surface area contributed by atoms with Crippen LogP contribution in [0.4, 0.5) is 0 Å². The van der Waals surface area contributed by atoms with Crippen LogP contribution in [0.5, 0.6) is 0 Å². The number of ether oxygens (including phenoxy) is 1. The van der Waals surface area contributed by atoms with E-state index in [1.54, 1.807) is 0 Å². The Morgan fingerprint density at radius 3 is 2.35 bits per heavy atom. The average Bonchev–Trinajstić information content (AvgIpc) is 3.32. The fraction of sp³-hybridized carbons (Fsp3) is 0.600. The fourth-order valence-corrected chi connectivity index (χ4v) is 6.56. The number of nitrogens with one attached hydrogen (secondary N) is 1. The van der Waals surface area contributed by atoms with Gasteiger partial charge in [0.05, 0.1) is 10.7 Å². The maximum Gasteiger partial charge on any atom is 0.121 e. The minimum atomic E-state index is 0.419. The van der Waals surface area contributed by atoms with Crippen molar-refractivity contribution in [2.45, 2.75) is 71.3 Å². The summed E-state index contributed by atoms with van der Waals surface area (Å²) in [5, 5.41) is 1.32. The quantitative estimate of drug-likeness (QED) is 0.560. The zero-order chi connectivity index (χ0) is 21.5. The molecule has 3 aromatic rings. The van der Waals surface area contributed by atoms with E-state index in [0.717, 1.165) is 30.6 Å². The molecule has 2 aliphatic rings. The van der Waals surface area contributed by atoms with Gasteiger partial charge in [0.2, 0.25) is 0 Å². The van der Waals surface area contributed by atoms with Crippen molar-refractivity contribution >= 4 is 21.7 Å². The highest BCUT2D eigenvalue weighted by molar-refractivity contribution is 7.18. The van der Waals surface area contributed by atoms with Crippen LogP contribution in [0.3, 0.4) is 0 Å². The van der Waals surface area contributed by atoms with Gasteiger partial charge in [-0.15, -0.1) is 11.3 Å². The first-order valence-corrected chi connectivity index (χ1v) is 12.6. The molecule has 2 aliphatic heterocycles. The van der Waals surface area contributed by atoms with Crippen LogP contribution in [0.15, 0.2) is 12.1 Å². The summed E-state index contributed by atoms with van der Waals surface area (Å²) in [6, 6.07) is 5.09. The molecule has 0 radical (unpaired) electrons. The van der Waals surface area contributed by atoms with Gasteiger partial charge in [-0.05, 0) is 70.7 Å². The number of likely N-dealkylation sites (tertiary alicyclic amines) is 1. The largest absolute Gasteiger partial charge is 0.381 e. The summed E-state index contributed by atoms with van der Waals surface area (Å²) in [5.41, 5.74) is 7.11. The molecule has 5 nitrogen and oxygen atoms in total. The number of aromatic amines is 1. The lowest BCUT2D eigenvalue weighted by atomic mass is 9.94. The molecule has 3 aromatic heterocycles. The molecule has 0 aliphatic carbocycles. The van der Waals surface area contributed by atoms with Crippen LogP contribution < -0.4 is 0 Å². The highest BCUT2D eigenvalue weighted by Gasteiger charge is 2.29. The number of nitrogens with zero attached hydrogens (tertiary/aromatic N) is 3. The molecule has 0 saturated carbocycles. The van der Waals surface area contributed by atoms with E-state index < -0.39 is 0 Å². The van der Waals surface area contributed by atoms with E-state index in [2.05, 4.69) is 54.7 Å². The molecular weight excluding hydrogens is 404 g/mol. The maximum absolute atomic E-state index is 5.55.